The third kappa shape index (κ3) is 5.11. The summed E-state index contributed by atoms with van der Waals surface area (Å²) in [4.78, 5) is 3.68. The van der Waals surface area contributed by atoms with Gasteiger partial charge in [-0.2, -0.15) is 13.2 Å². The van der Waals surface area contributed by atoms with Crippen LogP contribution in [0.5, 0.6) is 0 Å². The Morgan fingerprint density at radius 2 is 1.76 bits per heavy atom. The summed E-state index contributed by atoms with van der Waals surface area (Å²) in [5.41, 5.74) is 0. The largest absolute Gasteiger partial charge is 0.401 e. The zero-order valence-electron chi connectivity index (χ0n) is 12.8. The summed E-state index contributed by atoms with van der Waals surface area (Å²) < 4.78 is 37.2. The lowest BCUT2D eigenvalue weighted by molar-refractivity contribution is -0.151. The van der Waals surface area contributed by atoms with Gasteiger partial charge in [0.05, 0.1) is 12.6 Å². The van der Waals surface area contributed by atoms with Crippen LogP contribution >= 0.6 is 0 Å². The van der Waals surface area contributed by atoms with E-state index in [-0.39, 0.29) is 12.1 Å². The minimum Gasteiger partial charge on any atom is -0.391 e. The smallest absolute Gasteiger partial charge is 0.391 e. The minimum absolute atomic E-state index is 0.142. The Morgan fingerprint density at radius 3 is 2.33 bits per heavy atom. The highest BCUT2D eigenvalue weighted by Gasteiger charge is 2.36. The third-order valence-electron chi connectivity index (χ3n) is 4.87. The van der Waals surface area contributed by atoms with Crippen molar-refractivity contribution >= 4 is 0 Å². The van der Waals surface area contributed by atoms with Crippen LogP contribution in [-0.4, -0.2) is 66.0 Å². The van der Waals surface area contributed by atoms with Gasteiger partial charge in [0, 0.05) is 32.2 Å². The number of hydrogen-bond acceptors (Lipinski definition) is 3. The van der Waals surface area contributed by atoms with Crippen LogP contribution in [-0.2, 0) is 0 Å². The molecule has 1 saturated heterocycles. The predicted octanol–water partition coefficient (Wildman–Crippen LogP) is 2.50. The summed E-state index contributed by atoms with van der Waals surface area (Å²) in [5, 5.41) is 10.2. The molecular formula is C15H27F3N2O. The highest BCUT2D eigenvalue weighted by molar-refractivity contribution is 4.89. The molecule has 0 radical (unpaired) electrons. The molecule has 1 aliphatic heterocycles. The van der Waals surface area contributed by atoms with Crippen molar-refractivity contribution in [2.45, 2.75) is 57.3 Å². The second kappa shape index (κ2) is 7.29. The van der Waals surface area contributed by atoms with Gasteiger partial charge in [0.2, 0.25) is 0 Å². The van der Waals surface area contributed by atoms with E-state index in [4.69, 9.17) is 0 Å². The first-order valence-corrected chi connectivity index (χ1v) is 8.10. The number of halogens is 3. The van der Waals surface area contributed by atoms with E-state index in [9.17, 15) is 18.3 Å². The van der Waals surface area contributed by atoms with E-state index in [1.807, 2.05) is 0 Å². The summed E-state index contributed by atoms with van der Waals surface area (Å²) >= 11 is 0. The number of rotatable bonds is 4. The molecule has 3 nitrogen and oxygen atoms in total. The summed E-state index contributed by atoms with van der Waals surface area (Å²) in [6, 6.07) is 0.142. The lowest BCUT2D eigenvalue weighted by atomic mass is 9.80. The van der Waals surface area contributed by atoms with E-state index < -0.39 is 12.7 Å². The zero-order valence-corrected chi connectivity index (χ0v) is 12.8. The lowest BCUT2D eigenvalue weighted by Crippen LogP contribution is -2.56. The molecular weight excluding hydrogens is 281 g/mol. The molecule has 1 N–H and O–H groups in total. The predicted molar refractivity (Wildman–Crippen MR) is 76.1 cm³/mol. The van der Waals surface area contributed by atoms with E-state index >= 15 is 0 Å². The molecule has 0 spiro atoms. The van der Waals surface area contributed by atoms with E-state index in [2.05, 4.69) is 11.8 Å². The maximum absolute atomic E-state index is 12.4. The van der Waals surface area contributed by atoms with Crippen molar-refractivity contribution in [1.29, 1.82) is 0 Å². The molecule has 0 aromatic rings. The average Bonchev–Trinajstić information content (AvgIpc) is 2.40. The lowest BCUT2D eigenvalue weighted by Gasteiger charge is -2.44. The number of aliphatic hydroxyl groups excluding tert-OH is 1. The number of aliphatic hydroxyl groups is 1. The summed E-state index contributed by atoms with van der Waals surface area (Å²) in [7, 11) is 0. The first kappa shape index (κ1) is 17.0. The standard InChI is InChI=1S/C15H27F3N2O/c1-2-3-12-4-5-14(21)13(10-12)20-8-6-19(7-9-20)11-15(16,17)18/h12-14,21H,2-11H2,1H3. The van der Waals surface area contributed by atoms with Crippen LogP contribution < -0.4 is 0 Å². The topological polar surface area (TPSA) is 26.7 Å². The fourth-order valence-corrected chi connectivity index (χ4v) is 3.78. The average molecular weight is 308 g/mol. The first-order chi connectivity index (χ1) is 9.89. The molecule has 21 heavy (non-hydrogen) atoms. The van der Waals surface area contributed by atoms with E-state index in [0.717, 1.165) is 25.7 Å². The van der Waals surface area contributed by atoms with Crippen LogP contribution in [0.15, 0.2) is 0 Å². The second-order valence-corrected chi connectivity index (χ2v) is 6.53. The number of nitrogens with zero attached hydrogens (tertiary/aromatic N) is 2. The van der Waals surface area contributed by atoms with Crippen molar-refractivity contribution in [2.24, 2.45) is 5.92 Å². The van der Waals surface area contributed by atoms with E-state index in [1.54, 1.807) is 0 Å². The van der Waals surface area contributed by atoms with Crippen LogP contribution in [0.3, 0.4) is 0 Å². The Labute approximate surface area is 125 Å². The van der Waals surface area contributed by atoms with Gasteiger partial charge in [-0.05, 0) is 25.2 Å². The number of alkyl halides is 3. The monoisotopic (exact) mass is 308 g/mol. The number of piperazine rings is 1. The molecule has 6 heteroatoms. The van der Waals surface area contributed by atoms with Crippen molar-refractivity contribution in [3.63, 3.8) is 0 Å². The van der Waals surface area contributed by atoms with Gasteiger partial charge in [0.15, 0.2) is 0 Å². The molecule has 1 heterocycles. The fraction of sp³-hybridized carbons (Fsp3) is 1.00. The molecule has 2 aliphatic rings. The molecule has 3 atom stereocenters. The van der Waals surface area contributed by atoms with Crippen LogP contribution in [0.2, 0.25) is 0 Å². The molecule has 0 aromatic heterocycles. The van der Waals surface area contributed by atoms with Crippen LogP contribution in [0, 0.1) is 5.92 Å². The molecule has 3 unspecified atom stereocenters. The SMILES string of the molecule is CCCC1CCC(O)C(N2CCN(CC(F)(F)F)CC2)C1. The highest BCUT2D eigenvalue weighted by atomic mass is 19.4. The van der Waals surface area contributed by atoms with Crippen molar-refractivity contribution in [1.82, 2.24) is 9.80 Å². The zero-order chi connectivity index (χ0) is 15.5. The maximum Gasteiger partial charge on any atom is 0.401 e. The molecule has 2 fully saturated rings. The van der Waals surface area contributed by atoms with Gasteiger partial charge in [-0.1, -0.05) is 19.8 Å². The molecule has 0 aromatic carbocycles. The summed E-state index contributed by atoms with van der Waals surface area (Å²) in [5.74, 6) is 0.664. The van der Waals surface area contributed by atoms with Gasteiger partial charge in [-0.3, -0.25) is 9.80 Å². The molecule has 0 bridgehead atoms. The minimum atomic E-state index is -4.11. The van der Waals surface area contributed by atoms with Crippen molar-refractivity contribution in [2.75, 3.05) is 32.7 Å². The Balaban J connectivity index is 1.83. The highest BCUT2D eigenvalue weighted by Crippen LogP contribution is 2.31. The Bertz CT molecular complexity index is 317. The Kier molecular flexibility index (Phi) is 5.91. The van der Waals surface area contributed by atoms with Crippen molar-refractivity contribution in [3.8, 4) is 0 Å². The summed E-state index contributed by atoms with van der Waals surface area (Å²) in [6.45, 7) is 3.53. The fourth-order valence-electron chi connectivity index (χ4n) is 3.78. The van der Waals surface area contributed by atoms with E-state index in [0.29, 0.717) is 32.1 Å². The first-order valence-electron chi connectivity index (χ1n) is 8.10. The molecule has 2 rings (SSSR count). The quantitative estimate of drug-likeness (QED) is 0.864. The Morgan fingerprint density at radius 1 is 1.10 bits per heavy atom. The van der Waals surface area contributed by atoms with E-state index in [1.165, 1.54) is 11.3 Å². The second-order valence-electron chi connectivity index (χ2n) is 6.53. The Hall–Kier alpha value is -0.330. The maximum atomic E-state index is 12.4. The van der Waals surface area contributed by atoms with Crippen LogP contribution in [0.4, 0.5) is 13.2 Å². The summed E-state index contributed by atoms with van der Waals surface area (Å²) in [6.07, 6.45) is 0.835. The van der Waals surface area contributed by atoms with Crippen molar-refractivity contribution in [3.05, 3.63) is 0 Å². The van der Waals surface area contributed by atoms with Gasteiger partial charge < -0.3 is 5.11 Å². The van der Waals surface area contributed by atoms with Gasteiger partial charge in [-0.15, -0.1) is 0 Å². The third-order valence-corrected chi connectivity index (χ3v) is 4.87. The van der Waals surface area contributed by atoms with Gasteiger partial charge >= 0.3 is 6.18 Å². The molecule has 124 valence electrons. The normalized spacial score (nSPS) is 33.3. The van der Waals surface area contributed by atoms with Gasteiger partial charge in [-0.25, -0.2) is 0 Å². The number of hydrogen-bond donors (Lipinski definition) is 1. The molecule has 1 saturated carbocycles. The molecule has 1 aliphatic carbocycles. The van der Waals surface area contributed by atoms with Gasteiger partial charge in [0.25, 0.3) is 0 Å². The molecule has 0 amide bonds. The van der Waals surface area contributed by atoms with Crippen LogP contribution in [0.1, 0.15) is 39.0 Å². The van der Waals surface area contributed by atoms with Crippen molar-refractivity contribution < 1.29 is 18.3 Å². The van der Waals surface area contributed by atoms with Crippen LogP contribution in [0.25, 0.3) is 0 Å². The van der Waals surface area contributed by atoms with Gasteiger partial charge in [0.1, 0.15) is 0 Å².